The lowest BCUT2D eigenvalue weighted by atomic mass is 10.0. The van der Waals surface area contributed by atoms with Gasteiger partial charge < -0.3 is 15.0 Å². The van der Waals surface area contributed by atoms with Crippen molar-refractivity contribution in [3.05, 3.63) is 15.8 Å². The minimum atomic E-state index is -0.0471. The third-order valence-electron chi connectivity index (χ3n) is 4.40. The van der Waals surface area contributed by atoms with Gasteiger partial charge in [0.05, 0.1) is 18.4 Å². The highest BCUT2D eigenvalue weighted by Crippen LogP contribution is 2.28. The molecule has 1 aromatic rings. The van der Waals surface area contributed by atoms with Crippen molar-refractivity contribution >= 4 is 34.7 Å². The number of anilines is 1. The van der Waals surface area contributed by atoms with E-state index in [1.54, 1.807) is 0 Å². The van der Waals surface area contributed by atoms with Crippen molar-refractivity contribution in [3.8, 4) is 0 Å². The Labute approximate surface area is 140 Å². The van der Waals surface area contributed by atoms with Crippen molar-refractivity contribution in [2.75, 3.05) is 38.1 Å². The molecule has 3 rings (SSSR count). The van der Waals surface area contributed by atoms with Crippen LogP contribution in [0.2, 0.25) is 4.34 Å². The first-order valence-electron chi connectivity index (χ1n) is 7.78. The van der Waals surface area contributed by atoms with Gasteiger partial charge in [-0.25, -0.2) is 4.79 Å². The first kappa shape index (κ1) is 16.1. The van der Waals surface area contributed by atoms with Crippen molar-refractivity contribution in [3.63, 3.8) is 0 Å². The number of halogens is 1. The summed E-state index contributed by atoms with van der Waals surface area (Å²) in [4.78, 5) is 16.7. The molecule has 2 saturated heterocycles. The molecule has 2 amide bonds. The zero-order valence-corrected chi connectivity index (χ0v) is 14.3. The molecular formula is C15H22ClN3O2S. The average Bonchev–Trinajstić information content (AvgIpc) is 2.92. The molecule has 0 aliphatic carbocycles. The topological polar surface area (TPSA) is 44.8 Å². The van der Waals surface area contributed by atoms with Crippen molar-refractivity contribution in [1.82, 2.24) is 9.80 Å². The molecule has 1 aromatic heterocycles. The van der Waals surface area contributed by atoms with Gasteiger partial charge in [-0.2, -0.15) is 0 Å². The predicted octanol–water partition coefficient (Wildman–Crippen LogP) is 3.12. The van der Waals surface area contributed by atoms with Crippen molar-refractivity contribution in [2.45, 2.75) is 31.9 Å². The summed E-state index contributed by atoms with van der Waals surface area (Å²) >= 11 is 7.45. The zero-order valence-electron chi connectivity index (χ0n) is 12.8. The molecule has 2 aliphatic rings. The maximum Gasteiger partial charge on any atom is 0.321 e. The summed E-state index contributed by atoms with van der Waals surface area (Å²) < 4.78 is 6.23. The van der Waals surface area contributed by atoms with Crippen LogP contribution < -0.4 is 5.32 Å². The monoisotopic (exact) mass is 343 g/mol. The van der Waals surface area contributed by atoms with Crippen LogP contribution in [0.25, 0.3) is 0 Å². The Morgan fingerprint density at radius 3 is 2.82 bits per heavy atom. The van der Waals surface area contributed by atoms with Crippen LogP contribution in [-0.2, 0) is 4.74 Å². The highest BCUT2D eigenvalue weighted by atomic mass is 35.5. The van der Waals surface area contributed by atoms with E-state index in [0.29, 0.717) is 22.2 Å². The van der Waals surface area contributed by atoms with Gasteiger partial charge in [-0.15, -0.1) is 11.3 Å². The fourth-order valence-electron chi connectivity index (χ4n) is 3.19. The van der Waals surface area contributed by atoms with Crippen LogP contribution in [0, 0.1) is 0 Å². The molecule has 122 valence electrons. The summed E-state index contributed by atoms with van der Waals surface area (Å²) in [5.74, 6) is 0. The molecule has 2 aliphatic heterocycles. The van der Waals surface area contributed by atoms with Crippen LogP contribution in [0.4, 0.5) is 10.5 Å². The van der Waals surface area contributed by atoms with Crippen LogP contribution in [0.5, 0.6) is 0 Å². The van der Waals surface area contributed by atoms with Crippen molar-refractivity contribution in [2.24, 2.45) is 0 Å². The highest BCUT2D eigenvalue weighted by Gasteiger charge is 2.29. The molecule has 2 fully saturated rings. The van der Waals surface area contributed by atoms with Crippen LogP contribution in [0.15, 0.2) is 11.4 Å². The van der Waals surface area contributed by atoms with E-state index in [1.807, 2.05) is 16.3 Å². The number of carbonyl (C=O) groups excluding carboxylic acids is 1. The number of hydrogen-bond acceptors (Lipinski definition) is 4. The number of likely N-dealkylation sites (tertiary alicyclic amines) is 1. The van der Waals surface area contributed by atoms with Gasteiger partial charge in [0.1, 0.15) is 4.34 Å². The van der Waals surface area contributed by atoms with E-state index in [1.165, 1.54) is 11.3 Å². The van der Waals surface area contributed by atoms with Crippen LogP contribution >= 0.6 is 22.9 Å². The number of nitrogens with zero attached hydrogens (tertiary/aromatic N) is 2. The van der Waals surface area contributed by atoms with Gasteiger partial charge in [-0.05, 0) is 31.2 Å². The molecule has 0 aromatic carbocycles. The number of amides is 2. The van der Waals surface area contributed by atoms with Crippen LogP contribution in [0.3, 0.4) is 0 Å². The molecule has 0 spiro atoms. The maximum atomic E-state index is 12.3. The van der Waals surface area contributed by atoms with Gasteiger partial charge in [0.25, 0.3) is 0 Å². The number of ether oxygens (including phenoxy) is 1. The zero-order chi connectivity index (χ0) is 15.5. The predicted molar refractivity (Wildman–Crippen MR) is 89.9 cm³/mol. The molecule has 3 heterocycles. The Kier molecular flexibility index (Phi) is 5.23. The van der Waals surface area contributed by atoms with Gasteiger partial charge in [-0.3, -0.25) is 4.90 Å². The van der Waals surface area contributed by atoms with Gasteiger partial charge in [-0.1, -0.05) is 11.6 Å². The fourth-order valence-corrected chi connectivity index (χ4v) is 4.02. The van der Waals surface area contributed by atoms with E-state index in [-0.39, 0.29) is 6.03 Å². The second-order valence-corrected chi connectivity index (χ2v) is 7.45. The van der Waals surface area contributed by atoms with E-state index in [9.17, 15) is 4.79 Å². The molecule has 1 atom stereocenters. The fraction of sp³-hybridized carbons (Fsp3) is 0.667. The maximum absolute atomic E-state index is 12.3. The summed E-state index contributed by atoms with van der Waals surface area (Å²) in [6, 6.07) is 2.36. The molecule has 0 bridgehead atoms. The number of nitrogens with one attached hydrogen (secondary N) is 1. The number of morpholine rings is 1. The van der Waals surface area contributed by atoms with E-state index in [2.05, 4.69) is 17.1 Å². The first-order chi connectivity index (χ1) is 10.6. The Morgan fingerprint density at radius 2 is 2.18 bits per heavy atom. The number of rotatable bonds is 2. The quantitative estimate of drug-likeness (QED) is 0.897. The second kappa shape index (κ2) is 7.17. The molecule has 0 saturated carbocycles. The summed E-state index contributed by atoms with van der Waals surface area (Å²) in [6.45, 7) is 6.54. The van der Waals surface area contributed by atoms with E-state index >= 15 is 0 Å². The normalized spacial score (nSPS) is 24.5. The van der Waals surface area contributed by atoms with E-state index in [0.717, 1.165) is 45.6 Å². The van der Waals surface area contributed by atoms with Crippen molar-refractivity contribution < 1.29 is 9.53 Å². The molecule has 1 unspecified atom stereocenters. The molecule has 5 nitrogen and oxygen atoms in total. The highest BCUT2D eigenvalue weighted by molar-refractivity contribution is 7.15. The Bertz CT molecular complexity index is 517. The summed E-state index contributed by atoms with van der Waals surface area (Å²) in [5, 5.41) is 4.77. The number of piperidine rings is 1. The third-order valence-corrected chi connectivity index (χ3v) is 5.57. The van der Waals surface area contributed by atoms with Crippen LogP contribution in [-0.4, -0.2) is 60.8 Å². The molecule has 1 N–H and O–H groups in total. The Hall–Kier alpha value is -0.820. The minimum Gasteiger partial charge on any atom is -0.376 e. The van der Waals surface area contributed by atoms with Gasteiger partial charge >= 0.3 is 6.03 Å². The largest absolute Gasteiger partial charge is 0.376 e. The lowest BCUT2D eigenvalue weighted by Gasteiger charge is -2.41. The third kappa shape index (κ3) is 3.74. The second-order valence-electron chi connectivity index (χ2n) is 5.93. The Balaban J connectivity index is 1.49. The standard InChI is InChI=1S/C15H22ClN3O2S/c1-11-10-19(7-8-21-11)12-2-5-18(6-3-12)15(20)17-13-4-9-22-14(13)16/h4,9,11-12H,2-3,5-8,10H2,1H3,(H,17,20). The number of carbonyl (C=O) groups is 1. The molecule has 22 heavy (non-hydrogen) atoms. The molecule has 7 heteroatoms. The molecular weight excluding hydrogens is 322 g/mol. The minimum absolute atomic E-state index is 0.0471. The smallest absolute Gasteiger partial charge is 0.321 e. The summed E-state index contributed by atoms with van der Waals surface area (Å²) in [7, 11) is 0. The van der Waals surface area contributed by atoms with E-state index < -0.39 is 0 Å². The van der Waals surface area contributed by atoms with Gasteiger partial charge in [0.2, 0.25) is 0 Å². The van der Waals surface area contributed by atoms with Gasteiger partial charge in [0, 0.05) is 32.2 Å². The lowest BCUT2D eigenvalue weighted by molar-refractivity contribution is -0.0415. The van der Waals surface area contributed by atoms with Gasteiger partial charge in [0.15, 0.2) is 0 Å². The first-order valence-corrected chi connectivity index (χ1v) is 9.04. The SMILES string of the molecule is CC1CN(C2CCN(C(=O)Nc3ccsc3Cl)CC2)CCO1. The Morgan fingerprint density at radius 1 is 1.41 bits per heavy atom. The van der Waals surface area contributed by atoms with E-state index in [4.69, 9.17) is 16.3 Å². The summed E-state index contributed by atoms with van der Waals surface area (Å²) in [5.41, 5.74) is 0.709. The van der Waals surface area contributed by atoms with Crippen LogP contribution in [0.1, 0.15) is 19.8 Å². The average molecular weight is 344 g/mol. The number of hydrogen-bond donors (Lipinski definition) is 1. The molecule has 0 radical (unpaired) electrons. The number of urea groups is 1. The van der Waals surface area contributed by atoms with Crippen molar-refractivity contribution in [1.29, 1.82) is 0 Å². The summed E-state index contributed by atoms with van der Waals surface area (Å²) in [6.07, 6.45) is 2.37. The lowest BCUT2D eigenvalue weighted by Crippen LogP contribution is -2.52. The number of thiophene rings is 1.